The number of hydrogen-bond acceptors (Lipinski definition) is 9. The largest absolute Gasteiger partial charge is 0.496 e. The molecule has 0 atom stereocenters. The van der Waals surface area contributed by atoms with Crippen molar-refractivity contribution in [2.45, 2.75) is 6.54 Å². The number of rotatable bonds is 12. The lowest BCUT2D eigenvalue weighted by atomic mass is 10.2. The van der Waals surface area contributed by atoms with E-state index < -0.39 is 17.3 Å². The van der Waals surface area contributed by atoms with E-state index in [9.17, 15) is 9.59 Å². The fraction of sp³-hybridized carbons (Fsp3) is 0.143. The third-order valence-corrected chi connectivity index (χ3v) is 8.37. The Balaban J connectivity index is 0.00000451. The van der Waals surface area contributed by atoms with Gasteiger partial charge in [0.1, 0.15) is 17.1 Å². The van der Waals surface area contributed by atoms with Crippen molar-refractivity contribution >= 4 is 45.6 Å². The van der Waals surface area contributed by atoms with Gasteiger partial charge in [0.15, 0.2) is 11.6 Å². The first-order valence-corrected chi connectivity index (χ1v) is 15.4. The van der Waals surface area contributed by atoms with Crippen molar-refractivity contribution < 1.29 is 23.4 Å². The molecule has 0 aliphatic heterocycles. The van der Waals surface area contributed by atoms with E-state index in [4.69, 9.17) is 14.2 Å². The molecule has 4 heterocycles. The maximum absolute atomic E-state index is 15.3. The monoisotopic (exact) mass is 687 g/mol. The first-order valence-electron chi connectivity index (χ1n) is 14.6. The van der Waals surface area contributed by atoms with Gasteiger partial charge in [-0.25, -0.2) is 4.39 Å². The number of hydrogen-bond donors (Lipinski definition) is 2. The molecule has 0 bridgehead atoms. The minimum Gasteiger partial charge on any atom is -0.496 e. The number of pyridine rings is 3. The van der Waals surface area contributed by atoms with Crippen LogP contribution in [-0.2, 0) is 11.3 Å². The zero-order valence-electron chi connectivity index (χ0n) is 25.9. The maximum Gasteiger partial charge on any atom is 0.271 e. The highest BCUT2D eigenvalue weighted by Crippen LogP contribution is 2.39. The van der Waals surface area contributed by atoms with Crippen LogP contribution in [0.5, 0.6) is 17.2 Å². The number of nitrogens with one attached hydrogen (secondary N) is 2. The number of ether oxygens (including phenoxy) is 3. The Morgan fingerprint density at radius 3 is 2.52 bits per heavy atom. The number of thiophene rings is 1. The number of para-hydroxylation sites is 1. The summed E-state index contributed by atoms with van der Waals surface area (Å²) in [5, 5.41) is 5.90. The molecule has 0 aliphatic carbocycles. The van der Waals surface area contributed by atoms with Crippen LogP contribution < -0.4 is 25.7 Å². The average molecular weight is 688 g/mol. The van der Waals surface area contributed by atoms with Crippen LogP contribution in [0.3, 0.4) is 0 Å². The van der Waals surface area contributed by atoms with Crippen LogP contribution >= 0.6 is 23.7 Å². The minimum absolute atomic E-state index is 0. The maximum atomic E-state index is 15.3. The van der Waals surface area contributed by atoms with Crippen molar-refractivity contribution in [3.63, 3.8) is 0 Å². The number of benzene rings is 2. The SMILES string of the molecule is COCCNCc1ccc(-c2cc3nccc(Oc4ccc(NC(=O)c5c(OC)ccn(-c6ccccc6)c5=O)cc4F)c3s2)nc1.Cl. The molecule has 6 aromatic rings. The molecule has 13 heteroatoms. The molecule has 1 amide bonds. The number of fused-ring (bicyclic) bond motifs is 1. The number of amides is 1. The molecule has 4 aromatic heterocycles. The number of carbonyl (C=O) groups excluding carboxylic acids is 1. The lowest BCUT2D eigenvalue weighted by molar-refractivity contribution is 0.102. The van der Waals surface area contributed by atoms with Crippen molar-refractivity contribution in [3.05, 3.63) is 125 Å². The summed E-state index contributed by atoms with van der Waals surface area (Å²) in [6.07, 6.45) is 4.95. The van der Waals surface area contributed by atoms with Gasteiger partial charge in [-0.15, -0.1) is 23.7 Å². The first kappa shape index (κ1) is 34.2. The molecule has 246 valence electrons. The Kier molecular flexibility index (Phi) is 11.1. The van der Waals surface area contributed by atoms with Crippen molar-refractivity contribution in [3.8, 4) is 33.5 Å². The van der Waals surface area contributed by atoms with Gasteiger partial charge in [0.2, 0.25) is 0 Å². The summed E-state index contributed by atoms with van der Waals surface area (Å²) in [6.45, 7) is 2.07. The summed E-state index contributed by atoms with van der Waals surface area (Å²) in [4.78, 5) is 36.5. The highest BCUT2D eigenvalue weighted by Gasteiger charge is 2.21. The summed E-state index contributed by atoms with van der Waals surface area (Å²) in [5.41, 5.74) is 2.46. The molecule has 0 fully saturated rings. The molecule has 6 rings (SSSR count). The lowest BCUT2D eigenvalue weighted by Crippen LogP contribution is -2.28. The minimum atomic E-state index is -0.740. The molecule has 0 unspecified atom stereocenters. The molecule has 0 aliphatic rings. The molecule has 48 heavy (non-hydrogen) atoms. The fourth-order valence-corrected chi connectivity index (χ4v) is 5.91. The molecule has 0 spiro atoms. The summed E-state index contributed by atoms with van der Waals surface area (Å²) < 4.78 is 33.8. The third kappa shape index (κ3) is 7.53. The standard InChI is InChI=1S/C35H30FN5O5S.ClH/c1-44-17-15-37-20-22-8-10-26(39-21-22)31-19-27-33(47-31)30(12-14-38-27)46-28-11-9-23(18-25(28)36)40-34(42)32-29(45-2)13-16-41(35(32)43)24-6-4-3-5-7-24;/h3-14,16,18-19,21,37H,15,17,20H2,1-2H3,(H,40,42);1H. The summed E-state index contributed by atoms with van der Waals surface area (Å²) >= 11 is 1.44. The quantitative estimate of drug-likeness (QED) is 0.134. The summed E-state index contributed by atoms with van der Waals surface area (Å²) in [7, 11) is 3.04. The topological polar surface area (TPSA) is 117 Å². The zero-order chi connectivity index (χ0) is 32.8. The van der Waals surface area contributed by atoms with Crippen LogP contribution in [0.15, 0.2) is 102 Å². The number of methoxy groups -OCH3 is 2. The van der Waals surface area contributed by atoms with E-state index in [1.54, 1.807) is 43.6 Å². The lowest BCUT2D eigenvalue weighted by Gasteiger charge is -2.13. The Hall–Kier alpha value is -5.14. The highest BCUT2D eigenvalue weighted by atomic mass is 35.5. The Morgan fingerprint density at radius 1 is 0.958 bits per heavy atom. The van der Waals surface area contributed by atoms with Crippen LogP contribution in [0, 0.1) is 5.82 Å². The van der Waals surface area contributed by atoms with Gasteiger partial charge >= 0.3 is 0 Å². The number of carbonyl (C=O) groups is 1. The normalized spacial score (nSPS) is 10.8. The van der Waals surface area contributed by atoms with E-state index in [1.807, 2.05) is 30.5 Å². The molecule has 10 nitrogen and oxygen atoms in total. The van der Waals surface area contributed by atoms with Crippen LogP contribution in [0.4, 0.5) is 10.1 Å². The molecule has 2 N–H and O–H groups in total. The summed E-state index contributed by atoms with van der Waals surface area (Å²) in [5.74, 6) is -0.967. The van der Waals surface area contributed by atoms with E-state index in [0.717, 1.165) is 33.4 Å². The predicted molar refractivity (Wildman–Crippen MR) is 187 cm³/mol. The van der Waals surface area contributed by atoms with E-state index in [1.165, 1.54) is 47.4 Å². The van der Waals surface area contributed by atoms with Crippen LogP contribution in [0.2, 0.25) is 0 Å². The zero-order valence-corrected chi connectivity index (χ0v) is 27.6. The van der Waals surface area contributed by atoms with E-state index >= 15 is 4.39 Å². The van der Waals surface area contributed by atoms with E-state index in [2.05, 4.69) is 20.6 Å². The van der Waals surface area contributed by atoms with Crippen molar-refractivity contribution in [1.82, 2.24) is 19.9 Å². The van der Waals surface area contributed by atoms with Gasteiger partial charge in [0.05, 0.1) is 34.5 Å². The Bertz CT molecular complexity index is 2090. The van der Waals surface area contributed by atoms with Gasteiger partial charge in [0, 0.05) is 62.3 Å². The van der Waals surface area contributed by atoms with E-state index in [-0.39, 0.29) is 35.2 Å². The second-order valence-corrected chi connectivity index (χ2v) is 11.4. The van der Waals surface area contributed by atoms with Crippen LogP contribution in [0.1, 0.15) is 15.9 Å². The predicted octanol–water partition coefficient (Wildman–Crippen LogP) is 6.86. The first-order chi connectivity index (χ1) is 22.9. The van der Waals surface area contributed by atoms with E-state index in [0.29, 0.717) is 30.1 Å². The van der Waals surface area contributed by atoms with Gasteiger partial charge in [-0.3, -0.25) is 24.1 Å². The Morgan fingerprint density at radius 2 is 1.79 bits per heavy atom. The van der Waals surface area contributed by atoms with Crippen LogP contribution in [0.25, 0.3) is 26.5 Å². The molecule has 0 saturated heterocycles. The van der Waals surface area contributed by atoms with Crippen molar-refractivity contribution in [1.29, 1.82) is 0 Å². The molecule has 0 radical (unpaired) electrons. The summed E-state index contributed by atoms with van der Waals surface area (Å²) in [6, 6.07) is 22.0. The smallest absolute Gasteiger partial charge is 0.271 e. The second kappa shape index (κ2) is 15.6. The van der Waals surface area contributed by atoms with Gasteiger partial charge in [-0.1, -0.05) is 24.3 Å². The Labute approximate surface area is 285 Å². The van der Waals surface area contributed by atoms with Gasteiger partial charge in [-0.05, 0) is 48.0 Å². The number of aromatic nitrogens is 3. The van der Waals surface area contributed by atoms with Crippen molar-refractivity contribution in [2.24, 2.45) is 0 Å². The molecule has 0 saturated carbocycles. The van der Waals surface area contributed by atoms with Gasteiger partial charge in [0.25, 0.3) is 11.5 Å². The third-order valence-electron chi connectivity index (χ3n) is 7.21. The molecule has 2 aromatic carbocycles. The number of halogens is 2. The van der Waals surface area contributed by atoms with Gasteiger partial charge < -0.3 is 24.8 Å². The fourth-order valence-electron chi connectivity index (χ4n) is 4.87. The second-order valence-electron chi connectivity index (χ2n) is 10.3. The van der Waals surface area contributed by atoms with Crippen LogP contribution in [-0.4, -0.2) is 47.8 Å². The number of anilines is 1. The van der Waals surface area contributed by atoms with Crippen molar-refractivity contribution in [2.75, 3.05) is 32.7 Å². The highest BCUT2D eigenvalue weighted by molar-refractivity contribution is 7.22. The molecular formula is C35H31ClFN5O5S. The number of nitrogens with zero attached hydrogens (tertiary/aromatic N) is 3. The molecular weight excluding hydrogens is 657 g/mol. The van der Waals surface area contributed by atoms with Gasteiger partial charge in [-0.2, -0.15) is 0 Å². The average Bonchev–Trinajstić information content (AvgIpc) is 3.54.